The standard InChI is InChI=1S/C24H24ClN3O3S/c1-16-20(13-27-23(29)11-18-5-4-10-32-18)19-8-9-28(14-17(19)12-26-16)24(30)15-31-22-7-3-2-6-21(22)25/h2-7,10,12H,8-9,11,13-15H2,1H3,(H,27,29). The lowest BCUT2D eigenvalue weighted by atomic mass is 9.95. The molecule has 1 aliphatic rings. The monoisotopic (exact) mass is 469 g/mol. The third-order valence-corrected chi connectivity index (χ3v) is 6.70. The molecule has 8 heteroatoms. The summed E-state index contributed by atoms with van der Waals surface area (Å²) in [6.45, 7) is 3.40. The first-order valence-electron chi connectivity index (χ1n) is 10.4. The van der Waals surface area contributed by atoms with Crippen molar-refractivity contribution in [2.45, 2.75) is 32.9 Å². The quantitative estimate of drug-likeness (QED) is 0.569. The third-order valence-electron chi connectivity index (χ3n) is 5.51. The molecule has 0 fully saturated rings. The first kappa shape index (κ1) is 22.3. The molecular formula is C24H24ClN3O3S. The summed E-state index contributed by atoms with van der Waals surface area (Å²) in [5.41, 5.74) is 4.13. The van der Waals surface area contributed by atoms with Gasteiger partial charge in [-0.1, -0.05) is 29.8 Å². The van der Waals surface area contributed by atoms with Gasteiger partial charge in [-0.25, -0.2) is 0 Å². The van der Waals surface area contributed by atoms with Crippen molar-refractivity contribution in [3.05, 3.63) is 80.3 Å². The highest BCUT2D eigenvalue weighted by Gasteiger charge is 2.24. The van der Waals surface area contributed by atoms with Crippen molar-refractivity contribution in [1.82, 2.24) is 15.2 Å². The molecule has 1 aromatic carbocycles. The van der Waals surface area contributed by atoms with E-state index < -0.39 is 0 Å². The third kappa shape index (κ3) is 5.29. The van der Waals surface area contributed by atoms with Crippen molar-refractivity contribution in [3.63, 3.8) is 0 Å². The second-order valence-electron chi connectivity index (χ2n) is 7.64. The van der Waals surface area contributed by atoms with E-state index in [2.05, 4.69) is 10.3 Å². The smallest absolute Gasteiger partial charge is 0.260 e. The van der Waals surface area contributed by atoms with Gasteiger partial charge >= 0.3 is 0 Å². The van der Waals surface area contributed by atoms with Gasteiger partial charge in [0, 0.05) is 36.4 Å². The number of ether oxygens (including phenoxy) is 1. The van der Waals surface area contributed by atoms with E-state index >= 15 is 0 Å². The Balaban J connectivity index is 1.37. The highest BCUT2D eigenvalue weighted by Crippen LogP contribution is 2.25. The van der Waals surface area contributed by atoms with Crippen molar-refractivity contribution >= 4 is 34.8 Å². The molecule has 4 rings (SSSR count). The second-order valence-corrected chi connectivity index (χ2v) is 9.08. The van der Waals surface area contributed by atoms with Gasteiger partial charge < -0.3 is 15.0 Å². The van der Waals surface area contributed by atoms with Gasteiger partial charge in [0.2, 0.25) is 5.91 Å². The number of benzene rings is 1. The number of aromatic nitrogens is 1. The molecule has 0 saturated carbocycles. The Bertz CT molecular complexity index is 1120. The number of fused-ring (bicyclic) bond motifs is 1. The van der Waals surface area contributed by atoms with Crippen LogP contribution in [0.25, 0.3) is 0 Å². The number of thiophene rings is 1. The number of pyridine rings is 1. The summed E-state index contributed by atoms with van der Waals surface area (Å²) in [6.07, 6.45) is 2.93. The van der Waals surface area contributed by atoms with Crippen molar-refractivity contribution in [2.24, 2.45) is 0 Å². The average Bonchev–Trinajstić information content (AvgIpc) is 3.30. The van der Waals surface area contributed by atoms with Gasteiger partial charge in [0.1, 0.15) is 5.75 Å². The predicted octanol–water partition coefficient (Wildman–Crippen LogP) is 3.93. The molecule has 0 atom stereocenters. The first-order chi connectivity index (χ1) is 15.5. The van der Waals surface area contributed by atoms with Crippen molar-refractivity contribution in [1.29, 1.82) is 0 Å². The van der Waals surface area contributed by atoms with Crippen LogP contribution in [0.3, 0.4) is 0 Å². The Labute approximate surface area is 196 Å². The van der Waals surface area contributed by atoms with Crippen LogP contribution in [0.4, 0.5) is 0 Å². The van der Waals surface area contributed by atoms with E-state index in [9.17, 15) is 9.59 Å². The fourth-order valence-electron chi connectivity index (χ4n) is 3.78. The predicted molar refractivity (Wildman–Crippen MR) is 125 cm³/mol. The number of nitrogens with one attached hydrogen (secondary N) is 1. The number of hydrogen-bond donors (Lipinski definition) is 1. The molecule has 2 aromatic heterocycles. The molecule has 3 aromatic rings. The Morgan fingerprint density at radius 1 is 1.25 bits per heavy atom. The maximum absolute atomic E-state index is 12.7. The second kappa shape index (κ2) is 10.1. The van der Waals surface area contributed by atoms with E-state index in [0.29, 0.717) is 43.2 Å². The van der Waals surface area contributed by atoms with Crippen molar-refractivity contribution in [3.8, 4) is 5.75 Å². The number of nitrogens with zero attached hydrogens (tertiary/aromatic N) is 2. The van der Waals surface area contributed by atoms with E-state index in [-0.39, 0.29) is 18.4 Å². The normalized spacial score (nSPS) is 12.9. The minimum atomic E-state index is -0.0954. The molecule has 1 aliphatic heterocycles. The minimum absolute atomic E-state index is 0.00575. The van der Waals surface area contributed by atoms with Gasteiger partial charge in [-0.05, 0) is 53.6 Å². The van der Waals surface area contributed by atoms with Crippen molar-refractivity contribution in [2.75, 3.05) is 13.2 Å². The number of carbonyl (C=O) groups is 2. The van der Waals surface area contributed by atoms with Crippen LogP contribution in [0, 0.1) is 6.92 Å². The van der Waals surface area contributed by atoms with E-state index in [1.807, 2.05) is 42.8 Å². The number of halogens is 1. The number of carbonyl (C=O) groups excluding carboxylic acids is 2. The van der Waals surface area contributed by atoms with Crippen LogP contribution >= 0.6 is 22.9 Å². The summed E-state index contributed by atoms with van der Waals surface area (Å²) in [5.74, 6) is 0.397. The summed E-state index contributed by atoms with van der Waals surface area (Å²) in [7, 11) is 0. The highest BCUT2D eigenvalue weighted by molar-refractivity contribution is 7.10. The Kier molecular flexibility index (Phi) is 7.07. The molecule has 0 saturated heterocycles. The van der Waals surface area contributed by atoms with E-state index in [1.165, 1.54) is 5.56 Å². The largest absolute Gasteiger partial charge is 0.482 e. The minimum Gasteiger partial charge on any atom is -0.482 e. The van der Waals surface area contributed by atoms with Crippen LogP contribution in [0.2, 0.25) is 5.02 Å². The van der Waals surface area contributed by atoms with E-state index in [4.69, 9.17) is 16.3 Å². The van der Waals surface area contributed by atoms with Crippen LogP contribution in [-0.2, 0) is 35.5 Å². The number of rotatable bonds is 7. The molecule has 166 valence electrons. The lowest BCUT2D eigenvalue weighted by Gasteiger charge is -2.30. The topological polar surface area (TPSA) is 71.5 Å². The van der Waals surface area contributed by atoms with Gasteiger partial charge in [0.25, 0.3) is 5.91 Å². The molecule has 0 aliphatic carbocycles. The number of aryl methyl sites for hydroxylation is 1. The zero-order chi connectivity index (χ0) is 22.5. The Hall–Kier alpha value is -2.90. The lowest BCUT2D eigenvalue weighted by Crippen LogP contribution is -2.39. The van der Waals surface area contributed by atoms with Crippen LogP contribution < -0.4 is 10.1 Å². The Morgan fingerprint density at radius 2 is 2.09 bits per heavy atom. The first-order valence-corrected chi connectivity index (χ1v) is 11.7. The van der Waals surface area contributed by atoms with E-state index in [0.717, 1.165) is 21.7 Å². The van der Waals surface area contributed by atoms with Gasteiger partial charge in [-0.3, -0.25) is 14.6 Å². The lowest BCUT2D eigenvalue weighted by molar-refractivity contribution is -0.134. The molecule has 1 N–H and O–H groups in total. The fourth-order valence-corrected chi connectivity index (χ4v) is 4.68. The van der Waals surface area contributed by atoms with Crippen LogP contribution in [0.1, 0.15) is 27.3 Å². The van der Waals surface area contributed by atoms with Crippen LogP contribution in [0.5, 0.6) is 5.75 Å². The molecule has 0 spiro atoms. The summed E-state index contributed by atoms with van der Waals surface area (Å²) < 4.78 is 5.61. The fraction of sp³-hybridized carbons (Fsp3) is 0.292. The number of para-hydroxylation sites is 1. The molecule has 32 heavy (non-hydrogen) atoms. The zero-order valence-electron chi connectivity index (χ0n) is 17.8. The maximum atomic E-state index is 12.7. The highest BCUT2D eigenvalue weighted by atomic mass is 35.5. The SMILES string of the molecule is Cc1ncc2c(c1CNC(=O)Cc1cccs1)CCN(C(=O)COc1ccccc1Cl)C2. The number of hydrogen-bond acceptors (Lipinski definition) is 5. The molecule has 3 heterocycles. The average molecular weight is 470 g/mol. The van der Waals surface area contributed by atoms with Crippen molar-refractivity contribution < 1.29 is 14.3 Å². The van der Waals surface area contributed by atoms with Gasteiger partial charge in [-0.2, -0.15) is 0 Å². The summed E-state index contributed by atoms with van der Waals surface area (Å²) in [4.78, 5) is 32.3. The molecule has 6 nitrogen and oxygen atoms in total. The van der Waals surface area contributed by atoms with Crippen LogP contribution in [-0.4, -0.2) is 34.8 Å². The summed E-state index contributed by atoms with van der Waals surface area (Å²) in [5, 5.41) is 5.47. The number of amides is 2. The van der Waals surface area contributed by atoms with Gasteiger partial charge in [-0.15, -0.1) is 11.3 Å². The van der Waals surface area contributed by atoms with Gasteiger partial charge in [0.15, 0.2) is 6.61 Å². The summed E-state index contributed by atoms with van der Waals surface area (Å²) in [6, 6.07) is 11.0. The molecule has 0 unspecified atom stereocenters. The molecule has 2 amide bonds. The Morgan fingerprint density at radius 3 is 2.88 bits per heavy atom. The molecule has 0 radical (unpaired) electrons. The van der Waals surface area contributed by atoms with E-state index in [1.54, 1.807) is 28.4 Å². The summed E-state index contributed by atoms with van der Waals surface area (Å²) >= 11 is 7.67. The zero-order valence-corrected chi connectivity index (χ0v) is 19.3. The maximum Gasteiger partial charge on any atom is 0.260 e. The molecule has 0 bridgehead atoms. The molecular weight excluding hydrogens is 446 g/mol. The van der Waals surface area contributed by atoms with Gasteiger partial charge in [0.05, 0.1) is 11.4 Å². The van der Waals surface area contributed by atoms with Crippen LogP contribution in [0.15, 0.2) is 48.0 Å².